The molecule has 0 spiro atoms. The summed E-state index contributed by atoms with van der Waals surface area (Å²) >= 11 is 0. The number of carbonyl (C=O) groups is 6. The lowest BCUT2D eigenvalue weighted by Crippen LogP contribution is -2.59. The van der Waals surface area contributed by atoms with Crippen LogP contribution in [0.4, 0.5) is 0 Å². The molecular formula is C18H32N6O8. The molecule has 0 aromatic rings. The number of carbonyl (C=O) groups excluding carboxylic acids is 5. The van der Waals surface area contributed by atoms with Gasteiger partial charge in [-0.2, -0.15) is 0 Å². The van der Waals surface area contributed by atoms with Crippen LogP contribution in [0.25, 0.3) is 0 Å². The number of hydrogen-bond donors (Lipinski definition) is 8. The van der Waals surface area contributed by atoms with Gasteiger partial charge in [-0.15, -0.1) is 0 Å². The number of carboxylic acid groups (broad SMARTS) is 1. The molecular weight excluding hydrogens is 428 g/mol. The predicted octanol–water partition coefficient (Wildman–Crippen LogP) is -3.97. The number of aliphatic carboxylic acids is 1. The molecule has 0 heterocycles. The molecule has 0 rings (SSSR count). The molecule has 0 radical (unpaired) electrons. The molecule has 0 saturated carbocycles. The van der Waals surface area contributed by atoms with Gasteiger partial charge < -0.3 is 43.4 Å². The number of primary amides is 2. The average molecular weight is 460 g/mol. The molecule has 5 atom stereocenters. The first-order chi connectivity index (χ1) is 14.7. The van der Waals surface area contributed by atoms with Crippen LogP contribution in [0, 0.1) is 5.92 Å². The fourth-order valence-electron chi connectivity index (χ4n) is 2.45. The maximum absolute atomic E-state index is 12.7. The molecule has 0 fully saturated rings. The third kappa shape index (κ3) is 10.2. The van der Waals surface area contributed by atoms with Crippen LogP contribution < -0.4 is 33.2 Å². The van der Waals surface area contributed by atoms with Gasteiger partial charge in [0.1, 0.15) is 12.1 Å². The van der Waals surface area contributed by atoms with Crippen LogP contribution in [-0.2, 0) is 28.8 Å². The van der Waals surface area contributed by atoms with E-state index in [0.29, 0.717) is 0 Å². The Balaban J connectivity index is 5.59. The largest absolute Gasteiger partial charge is 0.480 e. The Morgan fingerprint density at radius 3 is 1.72 bits per heavy atom. The minimum absolute atomic E-state index is 0.228. The lowest BCUT2D eigenvalue weighted by Gasteiger charge is -2.25. The van der Waals surface area contributed by atoms with Gasteiger partial charge in [-0.1, -0.05) is 13.8 Å². The molecule has 0 aliphatic rings. The standard InChI is InChI=1S/C18H32N6O8/c1-7(2)13(21)17(30)22-9(4-5-11(19)26)15(28)23-10(6-12(20)27)16(29)24-14(8(3)25)18(31)32/h7-10,13-14,25H,4-6,21H2,1-3H3,(H2,19,26)(H2,20,27)(H,22,30)(H,23,28)(H,24,29)(H,31,32). The van der Waals surface area contributed by atoms with Crippen LogP contribution in [0.15, 0.2) is 0 Å². The molecule has 0 aliphatic carbocycles. The molecule has 5 amide bonds. The van der Waals surface area contributed by atoms with E-state index in [1.807, 2.05) is 5.32 Å². The van der Waals surface area contributed by atoms with Crippen molar-refractivity contribution < 1.29 is 39.0 Å². The Morgan fingerprint density at radius 2 is 1.31 bits per heavy atom. The summed E-state index contributed by atoms with van der Waals surface area (Å²) in [5.74, 6) is -6.32. The van der Waals surface area contributed by atoms with E-state index in [1.54, 1.807) is 13.8 Å². The highest BCUT2D eigenvalue weighted by Crippen LogP contribution is 2.05. The van der Waals surface area contributed by atoms with Gasteiger partial charge in [0, 0.05) is 6.42 Å². The van der Waals surface area contributed by atoms with Crippen molar-refractivity contribution >= 4 is 35.5 Å². The summed E-state index contributed by atoms with van der Waals surface area (Å²) < 4.78 is 0. The van der Waals surface area contributed by atoms with E-state index in [9.17, 15) is 33.9 Å². The van der Waals surface area contributed by atoms with Crippen LogP contribution in [-0.4, -0.2) is 76.0 Å². The van der Waals surface area contributed by atoms with Crippen LogP contribution in [0.5, 0.6) is 0 Å². The van der Waals surface area contributed by atoms with Gasteiger partial charge in [0.2, 0.25) is 29.5 Å². The molecule has 0 saturated heterocycles. The van der Waals surface area contributed by atoms with Gasteiger partial charge in [-0.25, -0.2) is 4.79 Å². The smallest absolute Gasteiger partial charge is 0.328 e. The predicted molar refractivity (Wildman–Crippen MR) is 110 cm³/mol. The monoisotopic (exact) mass is 460 g/mol. The van der Waals surface area contributed by atoms with E-state index in [0.717, 1.165) is 6.92 Å². The Morgan fingerprint density at radius 1 is 0.812 bits per heavy atom. The lowest BCUT2D eigenvalue weighted by molar-refractivity contribution is -0.145. The second kappa shape index (κ2) is 13.2. The van der Waals surface area contributed by atoms with Crippen LogP contribution in [0.3, 0.4) is 0 Å². The summed E-state index contributed by atoms with van der Waals surface area (Å²) in [6.45, 7) is 4.47. The Labute approximate surface area is 184 Å². The summed E-state index contributed by atoms with van der Waals surface area (Å²) in [5, 5.41) is 25.1. The molecule has 0 aromatic heterocycles. The van der Waals surface area contributed by atoms with E-state index in [-0.39, 0.29) is 18.8 Å². The second-order valence-corrected chi connectivity index (χ2v) is 7.63. The molecule has 32 heavy (non-hydrogen) atoms. The van der Waals surface area contributed by atoms with E-state index in [2.05, 4.69) is 10.6 Å². The zero-order chi connectivity index (χ0) is 25.2. The van der Waals surface area contributed by atoms with Gasteiger partial charge in [0.15, 0.2) is 6.04 Å². The average Bonchev–Trinajstić information content (AvgIpc) is 2.66. The fourth-order valence-corrected chi connectivity index (χ4v) is 2.45. The highest BCUT2D eigenvalue weighted by Gasteiger charge is 2.33. The molecule has 11 N–H and O–H groups in total. The second-order valence-electron chi connectivity index (χ2n) is 7.63. The first kappa shape index (κ1) is 28.7. The number of carboxylic acids is 1. The fraction of sp³-hybridized carbons (Fsp3) is 0.667. The van der Waals surface area contributed by atoms with Crippen molar-refractivity contribution in [1.82, 2.24) is 16.0 Å². The van der Waals surface area contributed by atoms with E-state index >= 15 is 0 Å². The van der Waals surface area contributed by atoms with Crippen molar-refractivity contribution in [3.63, 3.8) is 0 Å². The van der Waals surface area contributed by atoms with Crippen molar-refractivity contribution in [2.24, 2.45) is 23.1 Å². The SMILES string of the molecule is CC(C)C(N)C(=O)NC(CCC(N)=O)C(=O)NC(CC(N)=O)C(=O)NC(C(=O)O)C(C)O. The van der Waals surface area contributed by atoms with Crippen molar-refractivity contribution in [2.45, 2.75) is 70.3 Å². The summed E-state index contributed by atoms with van der Waals surface area (Å²) in [5.41, 5.74) is 15.9. The maximum Gasteiger partial charge on any atom is 0.328 e. The third-order valence-electron chi connectivity index (χ3n) is 4.42. The quantitative estimate of drug-likeness (QED) is 0.125. The zero-order valence-electron chi connectivity index (χ0n) is 18.2. The van der Waals surface area contributed by atoms with Crippen molar-refractivity contribution in [3.05, 3.63) is 0 Å². The van der Waals surface area contributed by atoms with Gasteiger partial charge in [0.25, 0.3) is 0 Å². The topological polar surface area (TPSA) is 257 Å². The van der Waals surface area contributed by atoms with E-state index in [1.165, 1.54) is 0 Å². The number of aliphatic hydroxyl groups excluding tert-OH is 1. The lowest BCUT2D eigenvalue weighted by atomic mass is 10.0. The summed E-state index contributed by atoms with van der Waals surface area (Å²) in [7, 11) is 0. The molecule has 14 heteroatoms. The summed E-state index contributed by atoms with van der Waals surface area (Å²) in [6, 6.07) is -5.64. The summed E-state index contributed by atoms with van der Waals surface area (Å²) in [4.78, 5) is 71.1. The molecule has 0 bridgehead atoms. The number of nitrogens with two attached hydrogens (primary N) is 3. The molecule has 0 aromatic carbocycles. The minimum atomic E-state index is -1.72. The van der Waals surface area contributed by atoms with Gasteiger partial charge in [-0.3, -0.25) is 24.0 Å². The van der Waals surface area contributed by atoms with Gasteiger partial charge >= 0.3 is 5.97 Å². The van der Waals surface area contributed by atoms with Crippen LogP contribution >= 0.6 is 0 Å². The zero-order valence-corrected chi connectivity index (χ0v) is 18.2. The van der Waals surface area contributed by atoms with Crippen LogP contribution in [0.2, 0.25) is 0 Å². The first-order valence-electron chi connectivity index (χ1n) is 9.81. The first-order valence-corrected chi connectivity index (χ1v) is 9.81. The van der Waals surface area contributed by atoms with Crippen LogP contribution in [0.1, 0.15) is 40.0 Å². The Bertz CT molecular complexity index is 726. The highest BCUT2D eigenvalue weighted by atomic mass is 16.4. The number of aliphatic hydroxyl groups is 1. The minimum Gasteiger partial charge on any atom is -0.480 e. The van der Waals surface area contributed by atoms with E-state index in [4.69, 9.17) is 22.3 Å². The third-order valence-corrected chi connectivity index (χ3v) is 4.42. The molecule has 14 nitrogen and oxygen atoms in total. The van der Waals surface area contributed by atoms with Crippen molar-refractivity contribution in [3.8, 4) is 0 Å². The number of rotatable bonds is 14. The molecule has 182 valence electrons. The normalized spacial score (nSPS) is 15.6. The maximum atomic E-state index is 12.7. The van der Waals surface area contributed by atoms with Crippen molar-refractivity contribution in [1.29, 1.82) is 0 Å². The molecule has 5 unspecified atom stereocenters. The van der Waals surface area contributed by atoms with E-state index < -0.39 is 72.2 Å². The molecule has 0 aliphatic heterocycles. The van der Waals surface area contributed by atoms with Crippen molar-refractivity contribution in [2.75, 3.05) is 0 Å². The van der Waals surface area contributed by atoms with Gasteiger partial charge in [0.05, 0.1) is 18.6 Å². The Hall–Kier alpha value is -3.26. The number of nitrogens with one attached hydrogen (secondary N) is 3. The van der Waals surface area contributed by atoms with Gasteiger partial charge in [-0.05, 0) is 19.3 Å². The summed E-state index contributed by atoms with van der Waals surface area (Å²) in [6.07, 6.45) is -2.70. The Kier molecular flexibility index (Phi) is 11.9. The number of hydrogen-bond acceptors (Lipinski definition) is 8. The number of amides is 5. The highest BCUT2D eigenvalue weighted by molar-refractivity contribution is 5.96.